The van der Waals surface area contributed by atoms with Gasteiger partial charge in [0.15, 0.2) is 16.7 Å². The Morgan fingerprint density at radius 3 is 2.60 bits per heavy atom. The molecule has 0 saturated heterocycles. The predicted molar refractivity (Wildman–Crippen MR) is 113 cm³/mol. The van der Waals surface area contributed by atoms with Crippen LogP contribution in [0.1, 0.15) is 11.1 Å². The second-order valence-electron chi connectivity index (χ2n) is 6.56. The van der Waals surface area contributed by atoms with Crippen molar-refractivity contribution >= 4 is 26.5 Å². The molecule has 4 aromatic rings. The molecule has 0 spiro atoms. The summed E-state index contributed by atoms with van der Waals surface area (Å²) in [6, 6.07) is 8.97. The monoisotopic (exact) mass is 444 g/mol. The molecule has 30 heavy (non-hydrogen) atoms. The van der Waals surface area contributed by atoms with E-state index >= 15 is 0 Å². The van der Waals surface area contributed by atoms with Gasteiger partial charge in [-0.05, 0) is 49.7 Å². The summed E-state index contributed by atoms with van der Waals surface area (Å²) in [5, 5.41) is 8.79. The normalized spacial score (nSPS) is 11.4. The van der Waals surface area contributed by atoms with Crippen molar-refractivity contribution < 1.29 is 17.5 Å². The van der Waals surface area contributed by atoms with E-state index in [9.17, 15) is 12.8 Å². The van der Waals surface area contributed by atoms with Gasteiger partial charge in [0.1, 0.15) is 5.75 Å². The van der Waals surface area contributed by atoms with E-state index in [1.807, 2.05) is 26.0 Å². The topological polar surface area (TPSA) is 97.0 Å². The molecule has 2 heterocycles. The van der Waals surface area contributed by atoms with Crippen LogP contribution in [0.4, 0.5) is 9.52 Å². The Morgan fingerprint density at radius 1 is 1.13 bits per heavy atom. The van der Waals surface area contributed by atoms with Crippen LogP contribution in [-0.2, 0) is 10.0 Å². The van der Waals surface area contributed by atoms with Crippen molar-refractivity contribution in [1.29, 1.82) is 0 Å². The highest BCUT2D eigenvalue weighted by molar-refractivity contribution is 7.93. The molecular formula is C20H17FN4O3S2. The largest absolute Gasteiger partial charge is 0.454 e. The number of H-pyrrole nitrogens is 1. The van der Waals surface area contributed by atoms with Crippen molar-refractivity contribution in [1.82, 2.24) is 15.2 Å². The first kappa shape index (κ1) is 20.0. The van der Waals surface area contributed by atoms with Gasteiger partial charge in [-0.2, -0.15) is 5.10 Å². The summed E-state index contributed by atoms with van der Waals surface area (Å²) in [5.41, 5.74) is 3.41. The van der Waals surface area contributed by atoms with Crippen LogP contribution in [0, 0.1) is 19.7 Å². The van der Waals surface area contributed by atoms with Crippen LogP contribution in [0.15, 0.2) is 59.1 Å². The molecule has 0 bridgehead atoms. The number of ether oxygens (including phenoxy) is 1. The first-order chi connectivity index (χ1) is 14.3. The maximum Gasteiger partial charge on any atom is 0.263 e. The third-order valence-corrected chi connectivity index (χ3v) is 6.48. The van der Waals surface area contributed by atoms with Gasteiger partial charge >= 0.3 is 0 Å². The van der Waals surface area contributed by atoms with Crippen LogP contribution in [-0.4, -0.2) is 23.6 Å². The lowest BCUT2D eigenvalue weighted by Crippen LogP contribution is -2.13. The molecule has 154 valence electrons. The number of halogens is 1. The van der Waals surface area contributed by atoms with Gasteiger partial charge in [0.2, 0.25) is 0 Å². The molecule has 0 aliphatic carbocycles. The van der Waals surface area contributed by atoms with Crippen molar-refractivity contribution in [2.75, 3.05) is 4.72 Å². The summed E-state index contributed by atoms with van der Waals surface area (Å²) in [4.78, 5) is 3.65. The molecule has 0 aliphatic heterocycles. The third kappa shape index (κ3) is 4.05. The smallest absolute Gasteiger partial charge is 0.263 e. The molecular weight excluding hydrogens is 427 g/mol. The van der Waals surface area contributed by atoms with E-state index in [2.05, 4.69) is 19.9 Å². The third-order valence-electron chi connectivity index (χ3n) is 4.32. The number of rotatable bonds is 6. The summed E-state index contributed by atoms with van der Waals surface area (Å²) in [5.74, 6) is -0.473. The molecule has 0 fully saturated rings. The minimum atomic E-state index is -3.96. The molecule has 2 aromatic carbocycles. The Labute approximate surface area is 176 Å². The van der Waals surface area contributed by atoms with Gasteiger partial charge < -0.3 is 4.74 Å². The van der Waals surface area contributed by atoms with Gasteiger partial charge in [0.25, 0.3) is 10.0 Å². The van der Waals surface area contributed by atoms with Crippen molar-refractivity contribution in [3.05, 3.63) is 71.1 Å². The van der Waals surface area contributed by atoms with E-state index in [1.165, 1.54) is 18.3 Å². The van der Waals surface area contributed by atoms with E-state index in [1.54, 1.807) is 17.6 Å². The molecule has 10 heteroatoms. The minimum Gasteiger partial charge on any atom is -0.454 e. The van der Waals surface area contributed by atoms with Gasteiger partial charge in [-0.1, -0.05) is 11.6 Å². The number of aryl methyl sites for hydroxylation is 2. The Kier molecular flexibility index (Phi) is 5.27. The molecule has 0 aliphatic rings. The molecule has 0 saturated carbocycles. The lowest BCUT2D eigenvalue weighted by Gasteiger charge is -2.13. The maximum atomic E-state index is 14.7. The summed E-state index contributed by atoms with van der Waals surface area (Å²) >= 11 is 1.13. The highest BCUT2D eigenvalue weighted by Gasteiger charge is 2.19. The van der Waals surface area contributed by atoms with Gasteiger partial charge in [-0.3, -0.25) is 9.82 Å². The quantitative estimate of drug-likeness (QED) is 0.442. The summed E-state index contributed by atoms with van der Waals surface area (Å²) in [6.45, 7) is 3.84. The highest BCUT2D eigenvalue weighted by Crippen LogP contribution is 2.36. The summed E-state index contributed by atoms with van der Waals surface area (Å²) < 4.78 is 47.7. The average molecular weight is 445 g/mol. The molecule has 2 N–H and O–H groups in total. The number of thiazole rings is 1. The first-order valence-electron chi connectivity index (χ1n) is 8.84. The number of aromatic nitrogens is 3. The number of aromatic amines is 1. The lowest BCUT2D eigenvalue weighted by atomic mass is 10.1. The standard InChI is InChI=1S/C20H17FN4O3S2/c1-12-3-5-17(15(9-12)19-13(2)11-23-24-19)28-18-6-4-14(10-16(18)21)30(26,27)25-20-22-7-8-29-20/h3-11H,1-2H3,(H,22,25)(H,23,24). The zero-order valence-electron chi connectivity index (χ0n) is 16.0. The zero-order valence-corrected chi connectivity index (χ0v) is 17.6. The van der Waals surface area contributed by atoms with E-state index in [0.717, 1.165) is 39.8 Å². The number of sulfonamides is 1. The van der Waals surface area contributed by atoms with Crippen LogP contribution in [0.3, 0.4) is 0 Å². The number of nitrogens with one attached hydrogen (secondary N) is 2. The highest BCUT2D eigenvalue weighted by atomic mass is 32.2. The first-order valence-corrected chi connectivity index (χ1v) is 11.2. The minimum absolute atomic E-state index is 0.0922. The van der Waals surface area contributed by atoms with Crippen molar-refractivity contribution in [2.24, 2.45) is 0 Å². The molecule has 0 amide bonds. The van der Waals surface area contributed by atoms with Crippen molar-refractivity contribution in [3.63, 3.8) is 0 Å². The van der Waals surface area contributed by atoms with Crippen LogP contribution in [0.25, 0.3) is 11.3 Å². The molecule has 2 aromatic heterocycles. The van der Waals surface area contributed by atoms with Gasteiger partial charge in [0, 0.05) is 17.1 Å². The van der Waals surface area contributed by atoms with Crippen LogP contribution in [0.2, 0.25) is 0 Å². The van der Waals surface area contributed by atoms with Crippen LogP contribution >= 0.6 is 11.3 Å². The lowest BCUT2D eigenvalue weighted by molar-refractivity contribution is 0.442. The SMILES string of the molecule is Cc1ccc(Oc2ccc(S(=O)(=O)Nc3nccs3)cc2F)c(-c2[nH]ncc2C)c1. The Hall–Kier alpha value is -3.24. The number of anilines is 1. The van der Waals surface area contributed by atoms with Crippen LogP contribution in [0.5, 0.6) is 11.5 Å². The van der Waals surface area contributed by atoms with Crippen molar-refractivity contribution in [3.8, 4) is 22.8 Å². The van der Waals surface area contributed by atoms with E-state index < -0.39 is 15.8 Å². The zero-order chi connectivity index (χ0) is 21.3. The number of hydrogen-bond acceptors (Lipinski definition) is 6. The summed E-state index contributed by atoms with van der Waals surface area (Å²) in [7, 11) is -3.96. The Morgan fingerprint density at radius 2 is 1.93 bits per heavy atom. The fourth-order valence-corrected chi connectivity index (χ4v) is 4.65. The Balaban J connectivity index is 1.65. The van der Waals surface area contributed by atoms with Gasteiger partial charge in [-0.15, -0.1) is 11.3 Å². The number of nitrogens with zero attached hydrogens (tertiary/aromatic N) is 2. The van der Waals surface area contributed by atoms with Crippen molar-refractivity contribution in [2.45, 2.75) is 18.7 Å². The van der Waals surface area contributed by atoms with Gasteiger partial charge in [0.05, 0.1) is 16.8 Å². The average Bonchev–Trinajstić information content (AvgIpc) is 3.35. The van der Waals surface area contributed by atoms with E-state index in [4.69, 9.17) is 4.74 Å². The van der Waals surface area contributed by atoms with Crippen LogP contribution < -0.4 is 9.46 Å². The van der Waals surface area contributed by atoms with E-state index in [-0.39, 0.29) is 15.8 Å². The molecule has 7 nitrogen and oxygen atoms in total. The van der Waals surface area contributed by atoms with Gasteiger partial charge in [-0.25, -0.2) is 17.8 Å². The predicted octanol–water partition coefficient (Wildman–Crippen LogP) is 4.88. The molecule has 0 unspecified atom stereocenters. The fourth-order valence-electron chi connectivity index (χ4n) is 2.84. The molecule has 0 radical (unpaired) electrons. The van der Waals surface area contributed by atoms with E-state index in [0.29, 0.717) is 5.75 Å². The Bertz CT molecular complexity index is 1300. The molecule has 0 atom stereocenters. The second-order valence-corrected chi connectivity index (χ2v) is 9.14. The number of benzene rings is 2. The second kappa shape index (κ2) is 7.88. The fraction of sp³-hybridized carbons (Fsp3) is 0.100. The summed E-state index contributed by atoms with van der Waals surface area (Å²) in [6.07, 6.45) is 3.16. The maximum absolute atomic E-state index is 14.7. The number of hydrogen-bond donors (Lipinski definition) is 2. The molecule has 4 rings (SSSR count).